The van der Waals surface area contributed by atoms with Gasteiger partial charge >= 0.3 is 0 Å². The number of nitro groups is 1. The molecule has 0 unspecified atom stereocenters. The van der Waals surface area contributed by atoms with Crippen LogP contribution in [-0.2, 0) is 0 Å². The summed E-state index contributed by atoms with van der Waals surface area (Å²) in [6.45, 7) is 3.88. The number of aromatic nitrogens is 1. The molecule has 0 saturated heterocycles. The monoisotopic (exact) mass is 248 g/mol. The SMILES string of the molecule is C[C@@H]1C=C(c2ccncc2[N+](=O)[O-])C[C@H](C)[C@H]1O. The Balaban J connectivity index is 2.44. The van der Waals surface area contributed by atoms with Crippen molar-refractivity contribution in [3.63, 3.8) is 0 Å². The summed E-state index contributed by atoms with van der Waals surface area (Å²) in [6, 6.07) is 1.67. The molecule has 0 saturated carbocycles. The van der Waals surface area contributed by atoms with E-state index in [1.54, 1.807) is 12.3 Å². The highest BCUT2D eigenvalue weighted by Crippen LogP contribution is 2.36. The van der Waals surface area contributed by atoms with E-state index >= 15 is 0 Å². The van der Waals surface area contributed by atoms with Crippen LogP contribution in [0.2, 0.25) is 0 Å². The van der Waals surface area contributed by atoms with Gasteiger partial charge in [-0.2, -0.15) is 0 Å². The third-order valence-corrected chi connectivity index (χ3v) is 3.47. The van der Waals surface area contributed by atoms with Gasteiger partial charge < -0.3 is 5.11 Å². The highest BCUT2D eigenvalue weighted by atomic mass is 16.6. The van der Waals surface area contributed by atoms with E-state index in [1.807, 2.05) is 19.9 Å². The Morgan fingerprint density at radius 2 is 2.22 bits per heavy atom. The van der Waals surface area contributed by atoms with Crippen LogP contribution in [0.3, 0.4) is 0 Å². The van der Waals surface area contributed by atoms with Gasteiger partial charge in [-0.05, 0) is 24.0 Å². The first-order valence-corrected chi connectivity index (χ1v) is 5.98. The molecular weight excluding hydrogens is 232 g/mol. The molecule has 1 N–H and O–H groups in total. The molecule has 18 heavy (non-hydrogen) atoms. The van der Waals surface area contributed by atoms with E-state index in [-0.39, 0.29) is 23.6 Å². The van der Waals surface area contributed by atoms with Crippen molar-refractivity contribution in [1.29, 1.82) is 0 Å². The van der Waals surface area contributed by atoms with Crippen LogP contribution in [0.25, 0.3) is 5.57 Å². The summed E-state index contributed by atoms with van der Waals surface area (Å²) in [5, 5.41) is 20.9. The lowest BCUT2D eigenvalue weighted by Crippen LogP contribution is -2.28. The van der Waals surface area contributed by atoms with Gasteiger partial charge in [-0.3, -0.25) is 15.1 Å². The first-order valence-electron chi connectivity index (χ1n) is 5.98. The fourth-order valence-electron chi connectivity index (χ4n) is 2.47. The number of hydrogen-bond donors (Lipinski definition) is 1. The van der Waals surface area contributed by atoms with Gasteiger partial charge in [0.2, 0.25) is 0 Å². The fourth-order valence-corrected chi connectivity index (χ4v) is 2.47. The summed E-state index contributed by atoms with van der Waals surface area (Å²) in [6.07, 6.45) is 5.03. The molecule has 0 spiro atoms. The average Bonchev–Trinajstić information content (AvgIpc) is 2.35. The van der Waals surface area contributed by atoms with Gasteiger partial charge in [-0.25, -0.2) is 0 Å². The fraction of sp³-hybridized carbons (Fsp3) is 0.462. The van der Waals surface area contributed by atoms with Crippen LogP contribution in [0, 0.1) is 22.0 Å². The molecule has 1 aromatic rings. The van der Waals surface area contributed by atoms with Crippen molar-refractivity contribution in [1.82, 2.24) is 4.98 Å². The first kappa shape index (κ1) is 12.7. The molecule has 0 radical (unpaired) electrons. The van der Waals surface area contributed by atoms with Crippen molar-refractivity contribution in [3.8, 4) is 0 Å². The second kappa shape index (κ2) is 4.86. The molecule has 1 heterocycles. The minimum atomic E-state index is -0.413. The summed E-state index contributed by atoms with van der Waals surface area (Å²) in [5.74, 6) is 0.115. The van der Waals surface area contributed by atoms with E-state index < -0.39 is 4.92 Å². The molecule has 0 fully saturated rings. The van der Waals surface area contributed by atoms with Crippen LogP contribution >= 0.6 is 0 Å². The molecule has 1 aromatic heterocycles. The Labute approximate surface area is 105 Å². The highest BCUT2D eigenvalue weighted by molar-refractivity contribution is 5.73. The predicted octanol–water partition coefficient (Wildman–Crippen LogP) is 2.41. The summed E-state index contributed by atoms with van der Waals surface area (Å²) in [5.41, 5.74) is 1.56. The Morgan fingerprint density at radius 3 is 2.83 bits per heavy atom. The van der Waals surface area contributed by atoms with Crippen molar-refractivity contribution in [2.75, 3.05) is 0 Å². The minimum Gasteiger partial charge on any atom is -0.392 e. The summed E-state index contributed by atoms with van der Waals surface area (Å²) in [7, 11) is 0. The second-order valence-electron chi connectivity index (χ2n) is 4.87. The summed E-state index contributed by atoms with van der Waals surface area (Å²) < 4.78 is 0. The Bertz CT molecular complexity index is 499. The van der Waals surface area contributed by atoms with Gasteiger partial charge in [-0.15, -0.1) is 0 Å². The number of rotatable bonds is 2. The van der Waals surface area contributed by atoms with Crippen molar-refractivity contribution >= 4 is 11.3 Å². The molecule has 1 aliphatic carbocycles. The molecule has 0 amide bonds. The minimum absolute atomic E-state index is 0.0107. The summed E-state index contributed by atoms with van der Waals surface area (Å²) in [4.78, 5) is 14.4. The smallest absolute Gasteiger partial charge is 0.294 e. The Kier molecular flexibility index (Phi) is 3.43. The molecule has 1 aliphatic rings. The number of aliphatic hydroxyl groups excluding tert-OH is 1. The quantitative estimate of drug-likeness (QED) is 0.644. The summed E-state index contributed by atoms with van der Waals surface area (Å²) >= 11 is 0. The third-order valence-electron chi connectivity index (χ3n) is 3.47. The molecule has 96 valence electrons. The molecule has 0 bridgehead atoms. The van der Waals surface area contributed by atoms with Gasteiger partial charge in [0.1, 0.15) is 6.20 Å². The lowest BCUT2D eigenvalue weighted by Gasteiger charge is -2.29. The Hall–Kier alpha value is -1.75. The van der Waals surface area contributed by atoms with Crippen molar-refractivity contribution in [3.05, 3.63) is 40.2 Å². The topological polar surface area (TPSA) is 76.3 Å². The van der Waals surface area contributed by atoms with Crippen LogP contribution in [0.4, 0.5) is 5.69 Å². The Morgan fingerprint density at radius 1 is 1.50 bits per heavy atom. The van der Waals surface area contributed by atoms with Gasteiger partial charge in [-0.1, -0.05) is 19.9 Å². The zero-order chi connectivity index (χ0) is 13.3. The standard InChI is InChI=1S/C13H16N2O3/c1-8-5-10(6-9(2)13(8)16)11-3-4-14-7-12(11)15(17)18/h3-5,7-9,13,16H,6H2,1-2H3/t8-,9+,13+/m1/s1. The van der Waals surface area contributed by atoms with E-state index in [0.29, 0.717) is 12.0 Å². The molecule has 2 rings (SSSR count). The third kappa shape index (κ3) is 2.26. The second-order valence-corrected chi connectivity index (χ2v) is 4.87. The van der Waals surface area contributed by atoms with E-state index in [0.717, 1.165) is 5.57 Å². The maximum absolute atomic E-state index is 11.0. The maximum atomic E-state index is 11.0. The molecular formula is C13H16N2O3. The van der Waals surface area contributed by atoms with Crippen molar-refractivity contribution in [2.24, 2.45) is 11.8 Å². The van der Waals surface area contributed by atoms with Crippen LogP contribution in [0.5, 0.6) is 0 Å². The normalized spacial score (nSPS) is 27.7. The van der Waals surface area contributed by atoms with Gasteiger partial charge in [0.05, 0.1) is 16.6 Å². The van der Waals surface area contributed by atoms with Crippen LogP contribution in [0.15, 0.2) is 24.5 Å². The maximum Gasteiger partial charge on any atom is 0.294 e. The number of hydrogen-bond acceptors (Lipinski definition) is 4. The largest absolute Gasteiger partial charge is 0.392 e. The van der Waals surface area contributed by atoms with E-state index in [9.17, 15) is 15.2 Å². The highest BCUT2D eigenvalue weighted by Gasteiger charge is 2.29. The lowest BCUT2D eigenvalue weighted by atomic mass is 9.79. The molecule has 3 atom stereocenters. The average molecular weight is 248 g/mol. The first-order chi connectivity index (χ1) is 8.50. The number of pyridine rings is 1. The number of nitrogens with zero attached hydrogens (tertiary/aromatic N) is 2. The lowest BCUT2D eigenvalue weighted by molar-refractivity contribution is -0.385. The molecule has 5 nitrogen and oxygen atoms in total. The van der Waals surface area contributed by atoms with Crippen LogP contribution in [-0.4, -0.2) is 21.1 Å². The number of aliphatic hydroxyl groups is 1. The van der Waals surface area contributed by atoms with E-state index in [1.165, 1.54) is 6.20 Å². The van der Waals surface area contributed by atoms with Gasteiger partial charge in [0.15, 0.2) is 0 Å². The van der Waals surface area contributed by atoms with Crippen molar-refractivity contribution in [2.45, 2.75) is 26.4 Å². The van der Waals surface area contributed by atoms with Gasteiger partial charge in [0.25, 0.3) is 5.69 Å². The molecule has 0 aliphatic heterocycles. The van der Waals surface area contributed by atoms with Crippen molar-refractivity contribution < 1.29 is 10.0 Å². The van der Waals surface area contributed by atoms with E-state index in [4.69, 9.17) is 0 Å². The van der Waals surface area contributed by atoms with Crippen LogP contribution in [0.1, 0.15) is 25.8 Å². The van der Waals surface area contributed by atoms with Crippen LogP contribution < -0.4 is 0 Å². The molecule has 0 aromatic carbocycles. The zero-order valence-corrected chi connectivity index (χ0v) is 10.4. The predicted molar refractivity (Wildman–Crippen MR) is 67.8 cm³/mol. The number of allylic oxidation sites excluding steroid dienone is 1. The molecule has 5 heteroatoms. The van der Waals surface area contributed by atoms with Gasteiger partial charge in [0, 0.05) is 12.1 Å². The zero-order valence-electron chi connectivity index (χ0n) is 10.4. The van der Waals surface area contributed by atoms with E-state index in [2.05, 4.69) is 4.98 Å².